The van der Waals surface area contributed by atoms with Gasteiger partial charge in [0.15, 0.2) is 14.1 Å². The molecule has 1 aromatic carbocycles. The lowest BCUT2D eigenvalue weighted by Crippen LogP contribution is -2.50. The Hall–Kier alpha value is -1.13. The van der Waals surface area contributed by atoms with Gasteiger partial charge in [-0.3, -0.25) is 4.79 Å². The van der Waals surface area contributed by atoms with Gasteiger partial charge in [0, 0.05) is 12.0 Å². The summed E-state index contributed by atoms with van der Waals surface area (Å²) in [6.45, 7) is 14.2. The molecular weight excluding hydrogens is 376 g/mol. The first kappa shape index (κ1) is 21.1. The molecule has 2 fully saturated rings. The van der Waals surface area contributed by atoms with Crippen LogP contribution < -0.4 is 4.74 Å². The topological polar surface area (TPSA) is 35.5 Å². The average molecular weight is 415 g/mol. The highest BCUT2D eigenvalue weighted by molar-refractivity contribution is 6.74. The Bertz CT molecular complexity index is 809. The molecule has 2 saturated carbocycles. The van der Waals surface area contributed by atoms with E-state index >= 15 is 0 Å². The molecule has 0 bridgehead atoms. The van der Waals surface area contributed by atoms with Crippen molar-refractivity contribution in [2.24, 2.45) is 17.3 Å². The van der Waals surface area contributed by atoms with Crippen LogP contribution in [0.25, 0.3) is 0 Å². The number of methoxy groups -OCH3 is 1. The normalized spacial score (nSPS) is 34.4. The van der Waals surface area contributed by atoms with Crippen molar-refractivity contribution in [1.82, 2.24) is 0 Å². The van der Waals surface area contributed by atoms with Crippen LogP contribution in [0.2, 0.25) is 18.1 Å². The minimum Gasteiger partial charge on any atom is -0.497 e. The van der Waals surface area contributed by atoms with Gasteiger partial charge in [-0.2, -0.15) is 0 Å². The van der Waals surface area contributed by atoms with Gasteiger partial charge in [-0.25, -0.2) is 0 Å². The molecule has 0 saturated heterocycles. The predicted octanol–water partition coefficient (Wildman–Crippen LogP) is 6.58. The monoisotopic (exact) mass is 414 g/mol. The molecular formula is C25H38O3Si. The molecule has 5 atom stereocenters. The van der Waals surface area contributed by atoms with Crippen molar-refractivity contribution in [3.05, 3.63) is 29.3 Å². The SMILES string of the molecule is COc1ccc2c(c1)C(=O)C[C@@H]1[C@@H]2CC[C@]2(C)C(O[Si](C)(C)C(C)(C)C)CC[C@@H]12. The fourth-order valence-corrected chi connectivity index (χ4v) is 7.64. The van der Waals surface area contributed by atoms with Crippen molar-refractivity contribution in [1.29, 1.82) is 0 Å². The molecule has 3 aliphatic rings. The standard InChI is InChI=1S/C25H38O3Si/c1-24(2,3)29(6,7)28-23-11-10-21-19-15-22(26)20-14-16(27-5)8-9-17(20)18(19)12-13-25(21,23)4/h8-9,14,18-19,21,23H,10-13,15H2,1-7H3/t18-,19-,21+,23?,25+/m1/s1. The van der Waals surface area contributed by atoms with Gasteiger partial charge in [-0.15, -0.1) is 0 Å². The highest BCUT2D eigenvalue weighted by atomic mass is 28.4. The van der Waals surface area contributed by atoms with Gasteiger partial charge in [-0.1, -0.05) is 33.8 Å². The van der Waals surface area contributed by atoms with Crippen molar-refractivity contribution in [3.8, 4) is 5.75 Å². The molecule has 0 aromatic heterocycles. The van der Waals surface area contributed by atoms with Crippen LogP contribution in [0.1, 0.15) is 81.6 Å². The molecule has 160 valence electrons. The minimum atomic E-state index is -1.80. The highest BCUT2D eigenvalue weighted by Gasteiger charge is 2.57. The fraction of sp³-hybridized carbons (Fsp3) is 0.720. The summed E-state index contributed by atoms with van der Waals surface area (Å²) in [5.41, 5.74) is 2.38. The number of ketones is 1. The van der Waals surface area contributed by atoms with Crippen LogP contribution in [-0.4, -0.2) is 27.3 Å². The zero-order chi connectivity index (χ0) is 21.2. The quantitative estimate of drug-likeness (QED) is 0.524. The number of Topliss-reactive ketones (excluding diaryl/α,β-unsaturated/α-hetero) is 1. The van der Waals surface area contributed by atoms with Gasteiger partial charge in [0.1, 0.15) is 5.75 Å². The molecule has 0 amide bonds. The van der Waals surface area contributed by atoms with E-state index in [0.29, 0.717) is 36.1 Å². The molecule has 4 rings (SSSR count). The summed E-state index contributed by atoms with van der Waals surface area (Å²) in [5.74, 6) is 2.67. The third kappa shape index (κ3) is 3.31. The lowest BCUT2D eigenvalue weighted by atomic mass is 9.55. The molecule has 0 radical (unpaired) electrons. The zero-order valence-corrected chi connectivity index (χ0v) is 20.3. The fourth-order valence-electron chi connectivity index (χ4n) is 6.19. The summed E-state index contributed by atoms with van der Waals surface area (Å²) in [6.07, 6.45) is 5.77. The lowest BCUT2D eigenvalue weighted by molar-refractivity contribution is -0.0147. The Balaban J connectivity index is 1.61. The number of carbonyl (C=O) groups excluding carboxylic acids is 1. The first-order chi connectivity index (χ1) is 13.5. The first-order valence-corrected chi connectivity index (χ1v) is 14.3. The maximum atomic E-state index is 13.1. The van der Waals surface area contributed by atoms with E-state index in [1.807, 2.05) is 12.1 Å². The van der Waals surface area contributed by atoms with Gasteiger partial charge < -0.3 is 9.16 Å². The van der Waals surface area contributed by atoms with E-state index in [-0.39, 0.29) is 10.5 Å². The molecule has 0 spiro atoms. The van der Waals surface area contributed by atoms with Gasteiger partial charge in [0.25, 0.3) is 0 Å². The maximum absolute atomic E-state index is 13.1. The zero-order valence-electron chi connectivity index (χ0n) is 19.3. The van der Waals surface area contributed by atoms with Crippen LogP contribution in [0.3, 0.4) is 0 Å². The van der Waals surface area contributed by atoms with Crippen LogP contribution in [0, 0.1) is 17.3 Å². The summed E-state index contributed by atoms with van der Waals surface area (Å²) >= 11 is 0. The van der Waals surface area contributed by atoms with Crippen LogP contribution in [0.15, 0.2) is 18.2 Å². The summed E-state index contributed by atoms with van der Waals surface area (Å²) in [6, 6.07) is 6.14. The van der Waals surface area contributed by atoms with E-state index in [0.717, 1.165) is 17.7 Å². The number of rotatable bonds is 3. The highest BCUT2D eigenvalue weighted by Crippen LogP contribution is 2.62. The minimum absolute atomic E-state index is 0.209. The van der Waals surface area contributed by atoms with Crippen LogP contribution in [-0.2, 0) is 4.43 Å². The second-order valence-corrected chi connectivity index (χ2v) is 16.2. The van der Waals surface area contributed by atoms with Crippen molar-refractivity contribution in [2.45, 2.75) is 90.0 Å². The lowest BCUT2D eigenvalue weighted by Gasteiger charge is -2.52. The Kier molecular flexibility index (Phi) is 5.06. The van der Waals surface area contributed by atoms with Gasteiger partial charge >= 0.3 is 0 Å². The molecule has 3 aliphatic carbocycles. The van der Waals surface area contributed by atoms with Crippen LogP contribution in [0.4, 0.5) is 0 Å². The van der Waals surface area contributed by atoms with Crippen LogP contribution >= 0.6 is 0 Å². The van der Waals surface area contributed by atoms with E-state index < -0.39 is 8.32 Å². The van der Waals surface area contributed by atoms with Crippen molar-refractivity contribution < 1.29 is 14.0 Å². The third-order valence-corrected chi connectivity index (χ3v) is 13.5. The number of fused-ring (bicyclic) bond motifs is 5. The number of ether oxygens (including phenoxy) is 1. The Morgan fingerprint density at radius 3 is 2.52 bits per heavy atom. The molecule has 0 N–H and O–H groups in total. The molecule has 4 heteroatoms. The second-order valence-electron chi connectivity index (χ2n) is 11.4. The molecule has 29 heavy (non-hydrogen) atoms. The average Bonchev–Trinajstić information content (AvgIpc) is 2.97. The summed E-state index contributed by atoms with van der Waals surface area (Å²) < 4.78 is 12.4. The predicted molar refractivity (Wildman–Crippen MR) is 120 cm³/mol. The van der Waals surface area contributed by atoms with Gasteiger partial charge in [-0.05, 0) is 84.7 Å². The molecule has 0 heterocycles. The Morgan fingerprint density at radius 1 is 1.14 bits per heavy atom. The molecule has 3 nitrogen and oxygen atoms in total. The largest absolute Gasteiger partial charge is 0.497 e. The van der Waals surface area contributed by atoms with Gasteiger partial charge in [0.2, 0.25) is 0 Å². The third-order valence-electron chi connectivity index (χ3n) is 8.97. The Morgan fingerprint density at radius 2 is 1.86 bits per heavy atom. The number of carbonyl (C=O) groups is 1. The second kappa shape index (κ2) is 6.95. The van der Waals surface area contributed by atoms with E-state index in [1.54, 1.807) is 7.11 Å². The van der Waals surface area contributed by atoms with E-state index in [1.165, 1.54) is 24.8 Å². The summed E-state index contributed by atoms with van der Waals surface area (Å²) in [5, 5.41) is 0.234. The van der Waals surface area contributed by atoms with E-state index in [9.17, 15) is 4.79 Å². The number of hydrogen-bond donors (Lipinski definition) is 0. The number of hydrogen-bond acceptors (Lipinski definition) is 3. The van der Waals surface area contributed by atoms with E-state index in [4.69, 9.17) is 9.16 Å². The van der Waals surface area contributed by atoms with Crippen LogP contribution in [0.5, 0.6) is 5.75 Å². The van der Waals surface area contributed by atoms with Crippen molar-refractivity contribution >= 4 is 14.1 Å². The van der Waals surface area contributed by atoms with Gasteiger partial charge in [0.05, 0.1) is 13.2 Å². The smallest absolute Gasteiger partial charge is 0.192 e. The summed E-state index contributed by atoms with van der Waals surface area (Å²) in [7, 11) is -0.128. The Labute approximate surface area is 177 Å². The number of benzene rings is 1. The molecule has 1 aromatic rings. The van der Waals surface area contributed by atoms with E-state index in [2.05, 4.69) is 46.9 Å². The molecule has 0 aliphatic heterocycles. The summed E-state index contributed by atoms with van der Waals surface area (Å²) in [4.78, 5) is 13.1. The maximum Gasteiger partial charge on any atom is 0.192 e. The van der Waals surface area contributed by atoms with Crippen molar-refractivity contribution in [3.63, 3.8) is 0 Å². The molecule has 1 unspecified atom stereocenters. The first-order valence-electron chi connectivity index (χ1n) is 11.4. The van der Waals surface area contributed by atoms with Crippen molar-refractivity contribution in [2.75, 3.05) is 7.11 Å².